The minimum atomic E-state index is -0.421. The molecular weight excluding hydrogens is 241 g/mol. The quantitative estimate of drug-likeness (QED) is 0.680. The molecule has 2 nitrogen and oxygen atoms in total. The summed E-state index contributed by atoms with van der Waals surface area (Å²) in [5, 5.41) is 0. The van der Waals surface area contributed by atoms with E-state index in [1.54, 1.807) is 6.07 Å². The highest BCUT2D eigenvalue weighted by Crippen LogP contribution is 2.26. The van der Waals surface area contributed by atoms with Crippen molar-refractivity contribution in [3.63, 3.8) is 0 Å². The van der Waals surface area contributed by atoms with Gasteiger partial charge in [0.2, 0.25) is 0 Å². The Balaban J connectivity index is 3.21. The average Bonchev–Trinajstić information content (AvgIpc) is 2.38. The first-order valence-corrected chi connectivity index (χ1v) is 7.08. The van der Waals surface area contributed by atoms with E-state index in [-0.39, 0.29) is 11.3 Å². The number of carbonyl (C=O) groups excluding carboxylic acids is 1. The fourth-order valence-electron chi connectivity index (χ4n) is 2.23. The van der Waals surface area contributed by atoms with Crippen molar-refractivity contribution in [1.29, 1.82) is 0 Å². The largest absolute Gasteiger partial charge is 0.368 e. The molecule has 1 unspecified atom stereocenters. The molecule has 1 aromatic carbocycles. The fraction of sp³-hybridized carbons (Fsp3) is 0.562. The Bertz CT molecular complexity index is 431. The number of hydrogen-bond donors (Lipinski definition) is 0. The normalized spacial score (nSPS) is 12.3. The Kier molecular flexibility index (Phi) is 6.00. The van der Waals surface area contributed by atoms with Crippen molar-refractivity contribution in [3.05, 3.63) is 29.6 Å². The van der Waals surface area contributed by atoms with Crippen molar-refractivity contribution in [2.24, 2.45) is 0 Å². The van der Waals surface area contributed by atoms with Crippen LogP contribution in [0.15, 0.2) is 18.2 Å². The summed E-state index contributed by atoms with van der Waals surface area (Å²) in [7, 11) is 0. The topological polar surface area (TPSA) is 20.3 Å². The standard InChI is InChI=1S/C16H24FNO/c1-5-7-11-18(12(3)6-2)15-10-8-9-14(17)16(15)13(4)19/h8-10,12H,5-7,11H2,1-4H3. The molecule has 0 aliphatic heterocycles. The Hall–Kier alpha value is -1.38. The van der Waals surface area contributed by atoms with Gasteiger partial charge in [-0.05, 0) is 38.8 Å². The fourth-order valence-corrected chi connectivity index (χ4v) is 2.23. The van der Waals surface area contributed by atoms with E-state index in [4.69, 9.17) is 0 Å². The molecule has 0 fully saturated rings. The third kappa shape index (κ3) is 3.79. The van der Waals surface area contributed by atoms with E-state index in [0.29, 0.717) is 6.04 Å². The van der Waals surface area contributed by atoms with Gasteiger partial charge in [0.1, 0.15) is 5.82 Å². The molecule has 1 atom stereocenters. The van der Waals surface area contributed by atoms with Crippen molar-refractivity contribution in [3.8, 4) is 0 Å². The summed E-state index contributed by atoms with van der Waals surface area (Å²) in [6, 6.07) is 5.18. The predicted octanol–water partition coefficient (Wildman–Crippen LogP) is 4.43. The minimum Gasteiger partial charge on any atom is -0.368 e. The second-order valence-corrected chi connectivity index (χ2v) is 4.99. The van der Waals surface area contributed by atoms with E-state index in [2.05, 4.69) is 25.7 Å². The van der Waals surface area contributed by atoms with Gasteiger partial charge < -0.3 is 4.90 Å². The lowest BCUT2D eigenvalue weighted by Gasteiger charge is -2.32. The van der Waals surface area contributed by atoms with Crippen LogP contribution in [-0.2, 0) is 0 Å². The van der Waals surface area contributed by atoms with Crippen LogP contribution >= 0.6 is 0 Å². The van der Waals surface area contributed by atoms with Crippen LogP contribution < -0.4 is 4.90 Å². The van der Waals surface area contributed by atoms with Crippen LogP contribution in [0, 0.1) is 5.82 Å². The van der Waals surface area contributed by atoms with Crippen molar-refractivity contribution < 1.29 is 9.18 Å². The van der Waals surface area contributed by atoms with Gasteiger partial charge in [-0.15, -0.1) is 0 Å². The number of ketones is 1. The molecule has 106 valence electrons. The molecule has 0 amide bonds. The monoisotopic (exact) mass is 265 g/mol. The van der Waals surface area contributed by atoms with Crippen LogP contribution in [0.1, 0.15) is 57.3 Å². The molecule has 1 rings (SSSR count). The Morgan fingerprint density at radius 3 is 2.58 bits per heavy atom. The van der Waals surface area contributed by atoms with E-state index >= 15 is 0 Å². The summed E-state index contributed by atoms with van der Waals surface area (Å²) in [6.45, 7) is 8.64. The van der Waals surface area contributed by atoms with E-state index in [1.807, 2.05) is 6.07 Å². The number of hydrogen-bond acceptors (Lipinski definition) is 2. The number of carbonyl (C=O) groups is 1. The van der Waals surface area contributed by atoms with E-state index < -0.39 is 5.82 Å². The van der Waals surface area contributed by atoms with Crippen LogP contribution in [0.4, 0.5) is 10.1 Å². The van der Waals surface area contributed by atoms with E-state index in [1.165, 1.54) is 13.0 Å². The van der Waals surface area contributed by atoms with Crippen LogP contribution in [-0.4, -0.2) is 18.4 Å². The lowest BCUT2D eigenvalue weighted by Crippen LogP contribution is -2.34. The van der Waals surface area contributed by atoms with Crippen molar-refractivity contribution in [2.45, 2.75) is 53.0 Å². The van der Waals surface area contributed by atoms with Crippen LogP contribution in [0.5, 0.6) is 0 Å². The van der Waals surface area contributed by atoms with Gasteiger partial charge in [0.05, 0.1) is 11.3 Å². The summed E-state index contributed by atoms with van der Waals surface area (Å²) in [4.78, 5) is 13.9. The smallest absolute Gasteiger partial charge is 0.164 e. The van der Waals surface area contributed by atoms with Gasteiger partial charge in [0.25, 0.3) is 0 Å². The number of unbranched alkanes of at least 4 members (excludes halogenated alkanes) is 1. The molecule has 0 aromatic heterocycles. The first-order valence-electron chi connectivity index (χ1n) is 7.08. The molecule has 0 N–H and O–H groups in total. The van der Waals surface area contributed by atoms with Gasteiger partial charge in [-0.25, -0.2) is 4.39 Å². The second-order valence-electron chi connectivity index (χ2n) is 4.99. The maximum Gasteiger partial charge on any atom is 0.164 e. The molecule has 0 aliphatic carbocycles. The van der Waals surface area contributed by atoms with Crippen molar-refractivity contribution in [1.82, 2.24) is 0 Å². The first kappa shape index (κ1) is 15.7. The highest BCUT2D eigenvalue weighted by Gasteiger charge is 2.20. The zero-order valence-corrected chi connectivity index (χ0v) is 12.4. The summed E-state index contributed by atoms with van der Waals surface area (Å²) in [5.41, 5.74) is 0.953. The van der Waals surface area contributed by atoms with Gasteiger partial charge >= 0.3 is 0 Å². The Morgan fingerprint density at radius 2 is 2.05 bits per heavy atom. The van der Waals surface area contributed by atoms with Crippen LogP contribution in [0.2, 0.25) is 0 Å². The summed E-state index contributed by atoms with van der Waals surface area (Å²) < 4.78 is 13.9. The van der Waals surface area contributed by atoms with Gasteiger partial charge in [-0.1, -0.05) is 26.3 Å². The number of anilines is 1. The molecule has 3 heteroatoms. The highest BCUT2D eigenvalue weighted by atomic mass is 19.1. The number of benzene rings is 1. The number of rotatable bonds is 7. The average molecular weight is 265 g/mol. The zero-order valence-electron chi connectivity index (χ0n) is 12.4. The zero-order chi connectivity index (χ0) is 14.4. The Morgan fingerprint density at radius 1 is 1.37 bits per heavy atom. The first-order chi connectivity index (χ1) is 9.02. The maximum atomic E-state index is 13.9. The molecule has 0 aliphatic rings. The molecule has 0 saturated heterocycles. The molecule has 0 spiro atoms. The van der Waals surface area contributed by atoms with Crippen molar-refractivity contribution >= 4 is 11.5 Å². The number of nitrogens with zero attached hydrogens (tertiary/aromatic N) is 1. The van der Waals surface area contributed by atoms with Gasteiger partial charge in [0, 0.05) is 12.6 Å². The minimum absolute atomic E-state index is 0.210. The van der Waals surface area contributed by atoms with Gasteiger partial charge in [-0.2, -0.15) is 0 Å². The van der Waals surface area contributed by atoms with E-state index in [0.717, 1.165) is 31.5 Å². The molecule has 0 saturated carbocycles. The lowest BCUT2D eigenvalue weighted by molar-refractivity contribution is 0.101. The SMILES string of the molecule is CCCCN(c1cccc(F)c1C(C)=O)C(C)CC. The summed E-state index contributed by atoms with van der Waals surface area (Å²) >= 11 is 0. The predicted molar refractivity (Wildman–Crippen MR) is 78.4 cm³/mol. The van der Waals surface area contributed by atoms with Crippen LogP contribution in [0.3, 0.4) is 0 Å². The maximum absolute atomic E-state index is 13.9. The lowest BCUT2D eigenvalue weighted by atomic mass is 10.0. The molecule has 0 bridgehead atoms. The molecule has 19 heavy (non-hydrogen) atoms. The van der Waals surface area contributed by atoms with Gasteiger partial charge in [-0.3, -0.25) is 4.79 Å². The second kappa shape index (κ2) is 7.27. The highest BCUT2D eigenvalue weighted by molar-refractivity contribution is 6.00. The van der Waals surface area contributed by atoms with Crippen LogP contribution in [0.25, 0.3) is 0 Å². The summed E-state index contributed by atoms with van der Waals surface area (Å²) in [6.07, 6.45) is 3.09. The summed E-state index contributed by atoms with van der Waals surface area (Å²) in [5.74, 6) is -0.632. The van der Waals surface area contributed by atoms with E-state index in [9.17, 15) is 9.18 Å². The number of halogens is 1. The molecule has 0 heterocycles. The molecular formula is C16H24FNO. The molecule has 1 aromatic rings. The van der Waals surface area contributed by atoms with Gasteiger partial charge in [0.15, 0.2) is 5.78 Å². The van der Waals surface area contributed by atoms with Crippen molar-refractivity contribution in [2.75, 3.05) is 11.4 Å². The third-order valence-corrected chi connectivity index (χ3v) is 3.53. The molecule has 0 radical (unpaired) electrons. The number of Topliss-reactive ketones (excluding diaryl/α,β-unsaturated/α-hetero) is 1. The third-order valence-electron chi connectivity index (χ3n) is 3.53. The Labute approximate surface area is 115 Å².